The van der Waals surface area contributed by atoms with Crippen molar-refractivity contribution in [1.82, 2.24) is 25.1 Å². The highest BCUT2D eigenvalue weighted by Crippen LogP contribution is 2.23. The van der Waals surface area contributed by atoms with E-state index in [2.05, 4.69) is 25.1 Å². The fourth-order valence-electron chi connectivity index (χ4n) is 3.94. The van der Waals surface area contributed by atoms with E-state index in [0.717, 1.165) is 41.5 Å². The molecule has 1 aliphatic heterocycles. The van der Waals surface area contributed by atoms with Crippen LogP contribution in [0.25, 0.3) is 11.0 Å². The van der Waals surface area contributed by atoms with Crippen molar-refractivity contribution in [1.29, 1.82) is 0 Å². The number of aromatic nitrogens is 2. The van der Waals surface area contributed by atoms with E-state index in [1.807, 2.05) is 50.2 Å². The summed E-state index contributed by atoms with van der Waals surface area (Å²) in [4.78, 5) is 19.3. The number of morpholine rings is 1. The second kappa shape index (κ2) is 9.32. The lowest BCUT2D eigenvalue weighted by molar-refractivity contribution is 0.0121. The predicted molar refractivity (Wildman–Crippen MR) is 114 cm³/mol. The summed E-state index contributed by atoms with van der Waals surface area (Å²) in [6, 6.07) is 11.8. The van der Waals surface area contributed by atoms with Crippen molar-refractivity contribution in [2.24, 2.45) is 0 Å². The molecule has 0 radical (unpaired) electrons. The van der Waals surface area contributed by atoms with Gasteiger partial charge in [-0.05, 0) is 38.1 Å². The van der Waals surface area contributed by atoms with E-state index < -0.39 is 0 Å². The lowest BCUT2D eigenvalue weighted by Gasteiger charge is -2.33. The van der Waals surface area contributed by atoms with Gasteiger partial charge in [0.1, 0.15) is 17.3 Å². The maximum absolute atomic E-state index is 12.4. The third-order valence-electron chi connectivity index (χ3n) is 5.50. The Kier molecular flexibility index (Phi) is 6.35. The molecule has 3 aromatic rings. The molecule has 0 aliphatic carbocycles. The highest BCUT2D eigenvalue weighted by Gasteiger charge is 2.25. The second-order valence-corrected chi connectivity index (χ2v) is 7.55. The molecule has 0 saturated carbocycles. The highest BCUT2D eigenvalue weighted by atomic mass is 16.5. The molecule has 160 valence electrons. The van der Waals surface area contributed by atoms with Crippen molar-refractivity contribution >= 4 is 17.1 Å². The van der Waals surface area contributed by atoms with Gasteiger partial charge >= 0.3 is 6.03 Å². The summed E-state index contributed by atoms with van der Waals surface area (Å²) in [6.07, 6.45) is 0. The number of imidazole rings is 1. The first-order valence-electron chi connectivity index (χ1n) is 10.4. The average molecular weight is 412 g/mol. The van der Waals surface area contributed by atoms with E-state index >= 15 is 0 Å². The standard InChI is InChI=1S/C22H29N5O3/c1-16-7-8-21(30-16)20(26-11-13-29-14-12-26)15-24-22(28)23-9-10-27-17(2)25-18-5-3-4-6-19(18)27/h3-8,20H,9-15H2,1-2H3,(H2,23,24,28). The topological polar surface area (TPSA) is 84.6 Å². The van der Waals surface area contributed by atoms with Gasteiger partial charge in [0.05, 0.1) is 30.3 Å². The van der Waals surface area contributed by atoms with Crippen molar-refractivity contribution in [3.63, 3.8) is 0 Å². The van der Waals surface area contributed by atoms with Gasteiger partial charge in [0.2, 0.25) is 0 Å². The molecule has 1 fully saturated rings. The van der Waals surface area contributed by atoms with Gasteiger partial charge in [-0.3, -0.25) is 4.90 Å². The molecule has 1 aliphatic rings. The number of rotatable bonds is 7. The Balaban J connectivity index is 1.31. The minimum Gasteiger partial charge on any atom is -0.465 e. The van der Waals surface area contributed by atoms with Crippen LogP contribution in [0, 0.1) is 13.8 Å². The van der Waals surface area contributed by atoms with Crippen LogP contribution in [0.1, 0.15) is 23.4 Å². The molecule has 1 atom stereocenters. The summed E-state index contributed by atoms with van der Waals surface area (Å²) < 4.78 is 13.4. The summed E-state index contributed by atoms with van der Waals surface area (Å²) in [7, 11) is 0. The zero-order chi connectivity index (χ0) is 20.9. The van der Waals surface area contributed by atoms with Crippen LogP contribution in [0.3, 0.4) is 0 Å². The van der Waals surface area contributed by atoms with Crippen molar-refractivity contribution in [3.8, 4) is 0 Å². The average Bonchev–Trinajstić information content (AvgIpc) is 3.32. The molecule has 3 heterocycles. The lowest BCUT2D eigenvalue weighted by Crippen LogP contribution is -2.46. The predicted octanol–water partition coefficient (Wildman–Crippen LogP) is 2.62. The Bertz CT molecular complexity index is 990. The quantitative estimate of drug-likeness (QED) is 0.624. The third kappa shape index (κ3) is 4.66. The summed E-state index contributed by atoms with van der Waals surface area (Å²) in [5.74, 6) is 2.69. The first-order valence-corrected chi connectivity index (χ1v) is 10.4. The number of ether oxygens (including phenoxy) is 1. The molecule has 1 unspecified atom stereocenters. The summed E-state index contributed by atoms with van der Waals surface area (Å²) in [5, 5.41) is 5.96. The molecule has 8 nitrogen and oxygen atoms in total. The van der Waals surface area contributed by atoms with E-state index in [1.165, 1.54) is 0 Å². The maximum Gasteiger partial charge on any atom is 0.314 e. The van der Waals surface area contributed by atoms with Crippen molar-refractivity contribution in [2.75, 3.05) is 39.4 Å². The normalized spacial score (nSPS) is 15.9. The molecule has 30 heavy (non-hydrogen) atoms. The van der Waals surface area contributed by atoms with Gasteiger partial charge in [-0.1, -0.05) is 12.1 Å². The van der Waals surface area contributed by atoms with Crippen LogP contribution in [-0.2, 0) is 11.3 Å². The number of hydrogen-bond acceptors (Lipinski definition) is 5. The van der Waals surface area contributed by atoms with Gasteiger partial charge < -0.3 is 24.4 Å². The van der Waals surface area contributed by atoms with Gasteiger partial charge in [-0.15, -0.1) is 0 Å². The van der Waals surface area contributed by atoms with E-state index in [4.69, 9.17) is 9.15 Å². The Morgan fingerprint density at radius 1 is 1.13 bits per heavy atom. The summed E-state index contributed by atoms with van der Waals surface area (Å²) in [5.41, 5.74) is 2.05. The van der Waals surface area contributed by atoms with Gasteiger partial charge in [0.25, 0.3) is 0 Å². The van der Waals surface area contributed by atoms with Gasteiger partial charge in [0.15, 0.2) is 0 Å². The summed E-state index contributed by atoms with van der Waals surface area (Å²) in [6.45, 7) is 8.62. The fraction of sp³-hybridized carbons (Fsp3) is 0.455. The number of nitrogens with one attached hydrogen (secondary N) is 2. The third-order valence-corrected chi connectivity index (χ3v) is 5.50. The van der Waals surface area contributed by atoms with E-state index in [9.17, 15) is 4.79 Å². The molecule has 0 spiro atoms. The zero-order valence-electron chi connectivity index (χ0n) is 17.6. The van der Waals surface area contributed by atoms with Crippen molar-refractivity contribution < 1.29 is 13.9 Å². The number of aryl methyl sites for hydroxylation is 2. The zero-order valence-corrected chi connectivity index (χ0v) is 17.6. The minimum absolute atomic E-state index is 0.00631. The Morgan fingerprint density at radius 2 is 1.93 bits per heavy atom. The van der Waals surface area contributed by atoms with Gasteiger partial charge in [-0.2, -0.15) is 0 Å². The minimum atomic E-state index is -0.182. The molecular formula is C22H29N5O3. The number of carbonyl (C=O) groups excluding carboxylic acids is 1. The fourth-order valence-corrected chi connectivity index (χ4v) is 3.94. The van der Waals surface area contributed by atoms with Crippen molar-refractivity contribution in [3.05, 3.63) is 53.7 Å². The molecule has 1 aromatic carbocycles. The molecule has 2 aromatic heterocycles. The number of hydrogen-bond donors (Lipinski definition) is 2. The molecule has 4 rings (SSSR count). The van der Waals surface area contributed by atoms with Crippen LogP contribution in [0.15, 0.2) is 40.8 Å². The summed E-state index contributed by atoms with van der Waals surface area (Å²) >= 11 is 0. The SMILES string of the molecule is Cc1ccc(C(CNC(=O)NCCn2c(C)nc3ccccc32)N2CCOCC2)o1. The van der Waals surface area contributed by atoms with Crippen LogP contribution in [0.2, 0.25) is 0 Å². The van der Waals surface area contributed by atoms with E-state index in [1.54, 1.807) is 0 Å². The number of urea groups is 1. The molecule has 1 saturated heterocycles. The van der Waals surface area contributed by atoms with Crippen LogP contribution in [0.4, 0.5) is 4.79 Å². The number of para-hydroxylation sites is 2. The largest absolute Gasteiger partial charge is 0.465 e. The Morgan fingerprint density at radius 3 is 2.70 bits per heavy atom. The molecule has 2 N–H and O–H groups in total. The maximum atomic E-state index is 12.4. The Labute approximate surface area is 176 Å². The smallest absolute Gasteiger partial charge is 0.314 e. The van der Waals surface area contributed by atoms with Crippen LogP contribution >= 0.6 is 0 Å². The lowest BCUT2D eigenvalue weighted by atomic mass is 10.1. The van der Waals surface area contributed by atoms with Crippen LogP contribution < -0.4 is 10.6 Å². The van der Waals surface area contributed by atoms with E-state index in [-0.39, 0.29) is 12.1 Å². The molecule has 2 amide bonds. The molecule has 8 heteroatoms. The number of fused-ring (bicyclic) bond motifs is 1. The van der Waals surface area contributed by atoms with E-state index in [0.29, 0.717) is 32.8 Å². The van der Waals surface area contributed by atoms with Crippen LogP contribution in [-0.4, -0.2) is 59.9 Å². The second-order valence-electron chi connectivity index (χ2n) is 7.55. The number of amides is 2. The molecular weight excluding hydrogens is 382 g/mol. The highest BCUT2D eigenvalue weighted by molar-refractivity contribution is 5.76. The number of furan rings is 1. The number of nitrogens with zero attached hydrogens (tertiary/aromatic N) is 3. The van der Waals surface area contributed by atoms with Gasteiger partial charge in [0, 0.05) is 32.7 Å². The van der Waals surface area contributed by atoms with Crippen molar-refractivity contribution in [2.45, 2.75) is 26.4 Å². The monoisotopic (exact) mass is 411 g/mol. The first-order chi connectivity index (χ1) is 14.6. The van der Waals surface area contributed by atoms with Gasteiger partial charge in [-0.25, -0.2) is 9.78 Å². The number of carbonyl (C=O) groups is 1. The van der Waals surface area contributed by atoms with Crippen LogP contribution in [0.5, 0.6) is 0 Å². The molecule has 0 bridgehead atoms. The Hall–Kier alpha value is -2.84. The first kappa shape index (κ1) is 20.4. The number of benzene rings is 1.